The third-order valence-corrected chi connectivity index (χ3v) is 6.94. The van der Waals surface area contributed by atoms with Gasteiger partial charge in [-0.25, -0.2) is 16.8 Å². The molecule has 0 atom stereocenters. The van der Waals surface area contributed by atoms with E-state index in [2.05, 4.69) is 0 Å². The fourth-order valence-electron chi connectivity index (χ4n) is 2.06. The van der Waals surface area contributed by atoms with E-state index in [4.69, 9.17) is 0 Å². The molecule has 1 saturated heterocycles. The molecule has 6 nitrogen and oxygen atoms in total. The van der Waals surface area contributed by atoms with Crippen LogP contribution in [0.1, 0.15) is 11.1 Å². The standard InChI is InChI=1S/C12H17NO5S2/c1-10-2-3-12(8-11(10)9-14)20(17,18)13-4-6-19(15,16)7-5-13/h2-3,8,14H,4-7,9H2,1H3. The highest BCUT2D eigenvalue weighted by Gasteiger charge is 2.31. The highest BCUT2D eigenvalue weighted by molar-refractivity contribution is 7.92. The summed E-state index contributed by atoms with van der Waals surface area (Å²) in [6.07, 6.45) is 0. The Balaban J connectivity index is 2.32. The van der Waals surface area contributed by atoms with Gasteiger partial charge in [-0.2, -0.15) is 4.31 Å². The van der Waals surface area contributed by atoms with Gasteiger partial charge in [-0.3, -0.25) is 0 Å². The molecule has 0 saturated carbocycles. The SMILES string of the molecule is Cc1ccc(S(=O)(=O)N2CCS(=O)(=O)CC2)cc1CO. The van der Waals surface area contributed by atoms with Gasteiger partial charge in [0.1, 0.15) is 0 Å². The van der Waals surface area contributed by atoms with Crippen molar-refractivity contribution >= 4 is 19.9 Å². The van der Waals surface area contributed by atoms with E-state index in [1.165, 1.54) is 16.4 Å². The van der Waals surface area contributed by atoms with Gasteiger partial charge >= 0.3 is 0 Å². The molecule has 20 heavy (non-hydrogen) atoms. The number of aliphatic hydroxyl groups is 1. The maximum Gasteiger partial charge on any atom is 0.243 e. The summed E-state index contributed by atoms with van der Waals surface area (Å²) in [7, 11) is -6.83. The molecular weight excluding hydrogens is 302 g/mol. The minimum atomic E-state index is -3.70. The normalized spacial score (nSPS) is 19.9. The summed E-state index contributed by atoms with van der Waals surface area (Å²) >= 11 is 0. The first-order valence-corrected chi connectivity index (χ1v) is 9.43. The van der Waals surface area contributed by atoms with Gasteiger partial charge in [0.15, 0.2) is 9.84 Å². The molecule has 1 aromatic rings. The van der Waals surface area contributed by atoms with Gasteiger partial charge in [0.2, 0.25) is 10.0 Å². The van der Waals surface area contributed by atoms with Crippen LogP contribution >= 0.6 is 0 Å². The largest absolute Gasteiger partial charge is 0.392 e. The molecule has 1 heterocycles. The zero-order valence-electron chi connectivity index (χ0n) is 11.1. The molecule has 0 aromatic heterocycles. The lowest BCUT2D eigenvalue weighted by Gasteiger charge is -2.26. The van der Waals surface area contributed by atoms with E-state index in [-0.39, 0.29) is 36.1 Å². The zero-order valence-corrected chi connectivity index (χ0v) is 12.7. The second kappa shape index (κ2) is 5.44. The third kappa shape index (κ3) is 3.03. The monoisotopic (exact) mass is 319 g/mol. The molecule has 0 radical (unpaired) electrons. The first kappa shape index (κ1) is 15.4. The van der Waals surface area contributed by atoms with Crippen LogP contribution in [0.25, 0.3) is 0 Å². The van der Waals surface area contributed by atoms with Gasteiger partial charge < -0.3 is 5.11 Å². The third-order valence-electron chi connectivity index (χ3n) is 3.43. The van der Waals surface area contributed by atoms with Crippen LogP contribution in [0.3, 0.4) is 0 Å². The van der Waals surface area contributed by atoms with Crippen molar-refractivity contribution in [2.24, 2.45) is 0 Å². The number of sulfonamides is 1. The number of hydrogen-bond acceptors (Lipinski definition) is 5. The van der Waals surface area contributed by atoms with Crippen molar-refractivity contribution in [3.8, 4) is 0 Å². The van der Waals surface area contributed by atoms with Crippen molar-refractivity contribution in [2.45, 2.75) is 18.4 Å². The van der Waals surface area contributed by atoms with Crippen LogP contribution in [0.15, 0.2) is 23.1 Å². The predicted octanol–water partition coefficient (Wildman–Crippen LogP) is -0.0936. The molecule has 0 unspecified atom stereocenters. The Morgan fingerprint density at radius 1 is 1.25 bits per heavy atom. The Bertz CT molecular complexity index is 695. The smallest absolute Gasteiger partial charge is 0.243 e. The Morgan fingerprint density at radius 3 is 2.40 bits per heavy atom. The average molecular weight is 319 g/mol. The van der Waals surface area contributed by atoms with Gasteiger partial charge in [0, 0.05) is 13.1 Å². The summed E-state index contributed by atoms with van der Waals surface area (Å²) in [4.78, 5) is 0.0893. The van der Waals surface area contributed by atoms with E-state index in [1.807, 2.05) is 0 Å². The van der Waals surface area contributed by atoms with Gasteiger partial charge in [0.25, 0.3) is 0 Å². The van der Waals surface area contributed by atoms with Crippen LogP contribution < -0.4 is 0 Å². The van der Waals surface area contributed by atoms with Crippen molar-refractivity contribution in [2.75, 3.05) is 24.6 Å². The maximum atomic E-state index is 12.4. The van der Waals surface area contributed by atoms with Crippen molar-refractivity contribution in [1.82, 2.24) is 4.31 Å². The Morgan fingerprint density at radius 2 is 1.85 bits per heavy atom. The Kier molecular flexibility index (Phi) is 4.19. The van der Waals surface area contributed by atoms with Crippen LogP contribution in [-0.2, 0) is 26.5 Å². The minimum absolute atomic E-state index is 0.0208. The van der Waals surface area contributed by atoms with Crippen molar-refractivity contribution in [3.05, 3.63) is 29.3 Å². The van der Waals surface area contributed by atoms with Crippen LogP contribution in [0, 0.1) is 6.92 Å². The second-order valence-corrected chi connectivity index (χ2v) is 9.04. The molecule has 0 bridgehead atoms. The molecule has 1 N–H and O–H groups in total. The molecule has 0 amide bonds. The van der Waals surface area contributed by atoms with Gasteiger partial charge in [-0.15, -0.1) is 0 Å². The van der Waals surface area contributed by atoms with Crippen LogP contribution in [0.4, 0.5) is 0 Å². The second-order valence-electron chi connectivity index (χ2n) is 4.80. The molecule has 1 aromatic carbocycles. The molecule has 1 fully saturated rings. The Hall–Kier alpha value is -0.960. The molecule has 2 rings (SSSR count). The minimum Gasteiger partial charge on any atom is -0.392 e. The molecule has 1 aliphatic rings. The highest BCUT2D eigenvalue weighted by Crippen LogP contribution is 2.21. The molecule has 112 valence electrons. The number of nitrogens with zero attached hydrogens (tertiary/aromatic N) is 1. The maximum absolute atomic E-state index is 12.4. The number of benzene rings is 1. The number of sulfone groups is 1. The molecule has 0 aliphatic carbocycles. The zero-order chi connectivity index (χ0) is 15.0. The molecular formula is C12H17NO5S2. The number of aliphatic hydroxyl groups excluding tert-OH is 1. The lowest BCUT2D eigenvalue weighted by Crippen LogP contribution is -2.43. The molecule has 8 heteroatoms. The van der Waals surface area contributed by atoms with Gasteiger partial charge in [-0.05, 0) is 30.2 Å². The van der Waals surface area contributed by atoms with E-state index < -0.39 is 19.9 Å². The number of rotatable bonds is 3. The number of aryl methyl sites for hydroxylation is 1. The lowest BCUT2D eigenvalue weighted by atomic mass is 10.1. The summed E-state index contributed by atoms with van der Waals surface area (Å²) in [6.45, 7) is 1.51. The van der Waals surface area contributed by atoms with Crippen LogP contribution in [-0.4, -0.2) is 50.8 Å². The van der Waals surface area contributed by atoms with E-state index in [0.29, 0.717) is 5.56 Å². The van der Waals surface area contributed by atoms with Crippen molar-refractivity contribution in [3.63, 3.8) is 0 Å². The van der Waals surface area contributed by atoms with E-state index >= 15 is 0 Å². The quantitative estimate of drug-likeness (QED) is 0.840. The summed E-state index contributed by atoms with van der Waals surface area (Å²) in [6, 6.07) is 4.56. The van der Waals surface area contributed by atoms with E-state index in [9.17, 15) is 21.9 Å². The number of hydrogen-bond donors (Lipinski definition) is 1. The van der Waals surface area contributed by atoms with Gasteiger partial charge in [-0.1, -0.05) is 6.07 Å². The predicted molar refractivity (Wildman–Crippen MR) is 74.5 cm³/mol. The fraction of sp³-hybridized carbons (Fsp3) is 0.500. The molecule has 1 aliphatic heterocycles. The summed E-state index contributed by atoms with van der Waals surface area (Å²) in [5.74, 6) is -0.296. The van der Waals surface area contributed by atoms with E-state index in [0.717, 1.165) is 5.56 Å². The molecule has 0 spiro atoms. The van der Waals surface area contributed by atoms with Crippen LogP contribution in [0.2, 0.25) is 0 Å². The average Bonchev–Trinajstić information content (AvgIpc) is 2.38. The first-order valence-electron chi connectivity index (χ1n) is 6.17. The van der Waals surface area contributed by atoms with Crippen LogP contribution in [0.5, 0.6) is 0 Å². The van der Waals surface area contributed by atoms with E-state index in [1.54, 1.807) is 13.0 Å². The fourth-order valence-corrected chi connectivity index (χ4v) is 4.99. The first-order chi connectivity index (χ1) is 9.26. The topological polar surface area (TPSA) is 91.8 Å². The lowest BCUT2D eigenvalue weighted by molar-refractivity contribution is 0.280. The van der Waals surface area contributed by atoms with Crippen molar-refractivity contribution < 1.29 is 21.9 Å². The van der Waals surface area contributed by atoms with Gasteiger partial charge in [0.05, 0.1) is 23.0 Å². The summed E-state index contributed by atoms with van der Waals surface area (Å²) < 4.78 is 48.7. The summed E-state index contributed by atoms with van der Waals surface area (Å²) in [5.41, 5.74) is 1.36. The Labute approximate surface area is 119 Å². The van der Waals surface area contributed by atoms with Crippen molar-refractivity contribution in [1.29, 1.82) is 0 Å². The highest BCUT2D eigenvalue weighted by atomic mass is 32.2. The summed E-state index contributed by atoms with van der Waals surface area (Å²) in [5, 5.41) is 9.20.